The third-order valence-corrected chi connectivity index (χ3v) is 3.76. The van der Waals surface area contributed by atoms with Crippen molar-refractivity contribution >= 4 is 22.6 Å². The Balaban J connectivity index is 2.26. The standard InChI is InChI=1S/C14H17ClN2O/c1-9-4-3-5-12-13(9)17(11-6-7-18-8-11)14(16-12)10(2)15/h3-5,10-11H,6-8H2,1-2H3. The molecule has 96 valence electrons. The van der Waals surface area contributed by atoms with Gasteiger partial charge in [0.05, 0.1) is 29.1 Å². The molecular formula is C14H17ClN2O. The molecule has 1 fully saturated rings. The van der Waals surface area contributed by atoms with Gasteiger partial charge in [-0.25, -0.2) is 4.98 Å². The first-order valence-electron chi connectivity index (χ1n) is 6.37. The van der Waals surface area contributed by atoms with Crippen molar-refractivity contribution in [1.82, 2.24) is 9.55 Å². The molecule has 3 rings (SSSR count). The maximum atomic E-state index is 6.29. The van der Waals surface area contributed by atoms with E-state index in [2.05, 4.69) is 23.6 Å². The van der Waals surface area contributed by atoms with Crippen LogP contribution < -0.4 is 0 Å². The predicted molar refractivity (Wildman–Crippen MR) is 73.2 cm³/mol. The quantitative estimate of drug-likeness (QED) is 0.775. The molecule has 0 N–H and O–H groups in total. The van der Waals surface area contributed by atoms with Crippen LogP contribution in [0.2, 0.25) is 0 Å². The Bertz CT molecular complexity index is 570. The normalized spacial score (nSPS) is 21.6. The number of nitrogens with zero attached hydrogens (tertiary/aromatic N) is 2. The lowest BCUT2D eigenvalue weighted by atomic mass is 10.1. The van der Waals surface area contributed by atoms with E-state index in [0.29, 0.717) is 6.04 Å². The Morgan fingerprint density at radius 2 is 2.33 bits per heavy atom. The summed E-state index contributed by atoms with van der Waals surface area (Å²) in [5.74, 6) is 0.955. The largest absolute Gasteiger partial charge is 0.379 e. The van der Waals surface area contributed by atoms with E-state index < -0.39 is 0 Å². The number of benzene rings is 1. The highest BCUT2D eigenvalue weighted by atomic mass is 35.5. The van der Waals surface area contributed by atoms with Crippen LogP contribution >= 0.6 is 11.6 Å². The van der Waals surface area contributed by atoms with Crippen LogP contribution in [0.5, 0.6) is 0 Å². The van der Waals surface area contributed by atoms with Gasteiger partial charge >= 0.3 is 0 Å². The van der Waals surface area contributed by atoms with E-state index in [0.717, 1.165) is 31.0 Å². The third-order valence-electron chi connectivity index (χ3n) is 3.57. The molecule has 2 unspecified atom stereocenters. The van der Waals surface area contributed by atoms with Crippen molar-refractivity contribution in [2.75, 3.05) is 13.2 Å². The molecule has 0 amide bonds. The van der Waals surface area contributed by atoms with Crippen molar-refractivity contribution in [3.63, 3.8) is 0 Å². The summed E-state index contributed by atoms with van der Waals surface area (Å²) in [6, 6.07) is 6.59. The second-order valence-electron chi connectivity index (χ2n) is 4.92. The number of para-hydroxylation sites is 1. The summed E-state index contributed by atoms with van der Waals surface area (Å²) in [6.45, 7) is 5.69. The van der Waals surface area contributed by atoms with Crippen molar-refractivity contribution in [1.29, 1.82) is 0 Å². The number of hydrogen-bond acceptors (Lipinski definition) is 2. The smallest absolute Gasteiger partial charge is 0.128 e. The molecule has 0 saturated carbocycles. The van der Waals surface area contributed by atoms with Gasteiger partial charge in [-0.2, -0.15) is 0 Å². The topological polar surface area (TPSA) is 27.1 Å². The molecule has 18 heavy (non-hydrogen) atoms. The molecule has 0 spiro atoms. The Morgan fingerprint density at radius 3 is 3.00 bits per heavy atom. The SMILES string of the molecule is Cc1cccc2nc(C(C)Cl)n(C3CCOC3)c12. The summed E-state index contributed by atoms with van der Waals surface area (Å²) in [4.78, 5) is 4.69. The van der Waals surface area contributed by atoms with E-state index in [9.17, 15) is 0 Å². The molecule has 1 saturated heterocycles. The maximum absolute atomic E-state index is 6.29. The predicted octanol–water partition coefficient (Wildman–Crippen LogP) is 3.61. The Hall–Kier alpha value is -1.06. The lowest BCUT2D eigenvalue weighted by Crippen LogP contribution is -2.13. The summed E-state index contributed by atoms with van der Waals surface area (Å²) in [7, 11) is 0. The van der Waals surface area contributed by atoms with Crippen LogP contribution in [0, 0.1) is 6.92 Å². The molecule has 2 atom stereocenters. The number of hydrogen-bond donors (Lipinski definition) is 0. The van der Waals surface area contributed by atoms with Gasteiger partial charge in [-0.1, -0.05) is 12.1 Å². The molecule has 1 aliphatic rings. The fourth-order valence-electron chi connectivity index (χ4n) is 2.71. The van der Waals surface area contributed by atoms with Crippen molar-refractivity contribution < 1.29 is 4.74 Å². The minimum Gasteiger partial charge on any atom is -0.379 e. The molecule has 2 heterocycles. The van der Waals surface area contributed by atoms with Crippen LogP contribution in [0.3, 0.4) is 0 Å². The number of aryl methyl sites for hydroxylation is 1. The highest BCUT2D eigenvalue weighted by molar-refractivity contribution is 6.20. The summed E-state index contributed by atoms with van der Waals surface area (Å²) < 4.78 is 7.80. The van der Waals surface area contributed by atoms with E-state index in [1.165, 1.54) is 11.1 Å². The Kier molecular flexibility index (Phi) is 3.04. The number of aromatic nitrogens is 2. The number of rotatable bonds is 2. The van der Waals surface area contributed by atoms with Gasteiger partial charge < -0.3 is 9.30 Å². The van der Waals surface area contributed by atoms with Gasteiger partial charge in [0, 0.05) is 6.61 Å². The minimum absolute atomic E-state index is 0.0857. The van der Waals surface area contributed by atoms with Crippen LogP contribution in [-0.4, -0.2) is 22.8 Å². The number of ether oxygens (including phenoxy) is 1. The lowest BCUT2D eigenvalue weighted by Gasteiger charge is -2.17. The maximum Gasteiger partial charge on any atom is 0.128 e. The zero-order valence-electron chi connectivity index (χ0n) is 10.7. The molecular weight excluding hydrogens is 248 g/mol. The number of fused-ring (bicyclic) bond motifs is 1. The summed E-state index contributed by atoms with van der Waals surface area (Å²) in [5.41, 5.74) is 3.48. The van der Waals surface area contributed by atoms with Gasteiger partial charge in [0.2, 0.25) is 0 Å². The summed E-state index contributed by atoms with van der Waals surface area (Å²) >= 11 is 6.29. The first-order valence-corrected chi connectivity index (χ1v) is 6.81. The molecule has 0 radical (unpaired) electrons. The van der Waals surface area contributed by atoms with Gasteiger partial charge in [0.25, 0.3) is 0 Å². The van der Waals surface area contributed by atoms with Crippen LogP contribution in [0.1, 0.15) is 36.2 Å². The molecule has 3 nitrogen and oxygen atoms in total. The second kappa shape index (κ2) is 4.56. The van der Waals surface area contributed by atoms with Gasteiger partial charge in [0.1, 0.15) is 5.82 Å². The van der Waals surface area contributed by atoms with Crippen molar-refractivity contribution in [3.05, 3.63) is 29.6 Å². The van der Waals surface area contributed by atoms with Crippen molar-refractivity contribution in [3.8, 4) is 0 Å². The minimum atomic E-state index is -0.0857. The molecule has 1 aromatic heterocycles. The van der Waals surface area contributed by atoms with Crippen molar-refractivity contribution in [2.45, 2.75) is 31.7 Å². The number of halogens is 1. The molecule has 0 bridgehead atoms. The van der Waals surface area contributed by atoms with E-state index in [-0.39, 0.29) is 5.38 Å². The molecule has 1 aromatic carbocycles. The van der Waals surface area contributed by atoms with Crippen LogP contribution in [-0.2, 0) is 4.74 Å². The van der Waals surface area contributed by atoms with E-state index >= 15 is 0 Å². The van der Waals surface area contributed by atoms with Crippen LogP contribution in [0.15, 0.2) is 18.2 Å². The molecule has 0 aliphatic carbocycles. The van der Waals surface area contributed by atoms with E-state index in [4.69, 9.17) is 21.3 Å². The Labute approximate surface area is 112 Å². The average Bonchev–Trinajstić information content (AvgIpc) is 2.95. The molecule has 1 aliphatic heterocycles. The van der Waals surface area contributed by atoms with Gasteiger partial charge in [-0.15, -0.1) is 11.6 Å². The number of imidazole rings is 1. The summed E-state index contributed by atoms with van der Waals surface area (Å²) in [5, 5.41) is -0.0857. The zero-order valence-corrected chi connectivity index (χ0v) is 11.4. The first-order chi connectivity index (χ1) is 8.68. The fraction of sp³-hybridized carbons (Fsp3) is 0.500. The average molecular weight is 265 g/mol. The van der Waals surface area contributed by atoms with Gasteiger partial charge in [-0.05, 0) is 31.9 Å². The highest BCUT2D eigenvalue weighted by Crippen LogP contribution is 2.32. The second-order valence-corrected chi connectivity index (χ2v) is 5.57. The van der Waals surface area contributed by atoms with Crippen LogP contribution in [0.4, 0.5) is 0 Å². The monoisotopic (exact) mass is 264 g/mol. The highest BCUT2D eigenvalue weighted by Gasteiger charge is 2.25. The zero-order chi connectivity index (χ0) is 12.7. The van der Waals surface area contributed by atoms with Crippen LogP contribution in [0.25, 0.3) is 11.0 Å². The number of alkyl halides is 1. The molecule has 2 aromatic rings. The van der Waals surface area contributed by atoms with E-state index in [1.807, 2.05) is 13.0 Å². The van der Waals surface area contributed by atoms with Gasteiger partial charge in [0.15, 0.2) is 0 Å². The van der Waals surface area contributed by atoms with Crippen molar-refractivity contribution in [2.24, 2.45) is 0 Å². The fourth-order valence-corrected chi connectivity index (χ4v) is 2.87. The van der Waals surface area contributed by atoms with Gasteiger partial charge in [-0.3, -0.25) is 0 Å². The first kappa shape index (κ1) is 12.0. The van der Waals surface area contributed by atoms with E-state index in [1.54, 1.807) is 0 Å². The summed E-state index contributed by atoms with van der Waals surface area (Å²) in [6.07, 6.45) is 1.04. The lowest BCUT2D eigenvalue weighted by molar-refractivity contribution is 0.186. The third kappa shape index (κ3) is 1.82. The molecule has 4 heteroatoms. The Morgan fingerprint density at radius 1 is 1.50 bits per heavy atom.